The van der Waals surface area contributed by atoms with Crippen LogP contribution in [-0.4, -0.2) is 37.3 Å². The molecule has 166 valence electrons. The average Bonchev–Trinajstić information content (AvgIpc) is 3.37. The first-order valence-corrected chi connectivity index (χ1v) is 12.6. The molecule has 5 rings (SSSR count). The fourth-order valence-corrected chi connectivity index (χ4v) is 6.17. The van der Waals surface area contributed by atoms with E-state index in [9.17, 15) is 8.42 Å². The van der Waals surface area contributed by atoms with Crippen LogP contribution in [0.15, 0.2) is 70.6 Å². The summed E-state index contributed by atoms with van der Waals surface area (Å²) >= 11 is 0. The lowest BCUT2D eigenvalue weighted by atomic mass is 10.1. The van der Waals surface area contributed by atoms with Crippen molar-refractivity contribution in [2.75, 3.05) is 18.0 Å². The van der Waals surface area contributed by atoms with Crippen LogP contribution in [0.4, 0.5) is 5.69 Å². The maximum atomic E-state index is 13.9. The van der Waals surface area contributed by atoms with Crippen LogP contribution in [0.5, 0.6) is 0 Å². The van der Waals surface area contributed by atoms with Gasteiger partial charge in [0.05, 0.1) is 10.4 Å². The number of nitrogens with two attached hydrogens (primary N) is 1. The number of sulfone groups is 1. The van der Waals surface area contributed by atoms with Crippen LogP contribution in [0.25, 0.3) is 21.7 Å². The minimum absolute atomic E-state index is 0.120. The minimum atomic E-state index is -3.83. The highest BCUT2D eigenvalue weighted by atomic mass is 32.2. The molecule has 1 unspecified atom stereocenters. The molecular weight excluding hydrogens is 420 g/mol. The highest BCUT2D eigenvalue weighted by Gasteiger charge is 2.28. The Labute approximate surface area is 188 Å². The lowest BCUT2D eigenvalue weighted by Gasteiger charge is -2.18. The van der Waals surface area contributed by atoms with E-state index in [0.717, 1.165) is 36.1 Å². The molecular formula is C25H28N4O2S. The van der Waals surface area contributed by atoms with Crippen molar-refractivity contribution < 1.29 is 8.42 Å². The van der Waals surface area contributed by atoms with Gasteiger partial charge in [-0.2, -0.15) is 5.10 Å². The molecule has 1 aliphatic rings. The summed E-state index contributed by atoms with van der Waals surface area (Å²) in [6, 6.07) is 19.1. The van der Waals surface area contributed by atoms with Crippen molar-refractivity contribution in [2.24, 2.45) is 11.7 Å². The Morgan fingerprint density at radius 1 is 1.06 bits per heavy atom. The fraction of sp³-hybridized carbons (Fsp3) is 0.320. The topological polar surface area (TPSA) is 81.2 Å². The second kappa shape index (κ2) is 7.90. The number of anilines is 1. The van der Waals surface area contributed by atoms with Crippen LogP contribution in [0.1, 0.15) is 20.3 Å². The van der Waals surface area contributed by atoms with Gasteiger partial charge in [0, 0.05) is 42.1 Å². The summed E-state index contributed by atoms with van der Waals surface area (Å²) < 4.78 is 29.7. The van der Waals surface area contributed by atoms with Crippen LogP contribution < -0.4 is 10.6 Å². The molecule has 1 saturated heterocycles. The van der Waals surface area contributed by atoms with E-state index in [2.05, 4.69) is 23.8 Å². The first kappa shape index (κ1) is 21.0. The van der Waals surface area contributed by atoms with Gasteiger partial charge >= 0.3 is 0 Å². The van der Waals surface area contributed by atoms with Crippen molar-refractivity contribution in [3.63, 3.8) is 0 Å². The summed E-state index contributed by atoms with van der Waals surface area (Å²) in [5.74, 6) is 0.336. The van der Waals surface area contributed by atoms with E-state index in [1.807, 2.05) is 53.2 Å². The summed E-state index contributed by atoms with van der Waals surface area (Å²) in [5, 5.41) is 7.04. The van der Waals surface area contributed by atoms with Gasteiger partial charge in [0.1, 0.15) is 0 Å². The number of hydrogen-bond acceptors (Lipinski definition) is 5. The first-order valence-electron chi connectivity index (χ1n) is 11.1. The Hall–Kier alpha value is -2.90. The molecule has 0 spiro atoms. The zero-order valence-corrected chi connectivity index (χ0v) is 19.2. The van der Waals surface area contributed by atoms with E-state index in [1.54, 1.807) is 12.1 Å². The van der Waals surface area contributed by atoms with Gasteiger partial charge in [-0.05, 0) is 42.0 Å². The van der Waals surface area contributed by atoms with Gasteiger partial charge in [-0.3, -0.25) is 4.68 Å². The van der Waals surface area contributed by atoms with Gasteiger partial charge in [-0.1, -0.05) is 50.2 Å². The summed E-state index contributed by atoms with van der Waals surface area (Å²) in [4.78, 5) is 2.51. The molecule has 7 heteroatoms. The minimum Gasteiger partial charge on any atom is -0.370 e. The van der Waals surface area contributed by atoms with Gasteiger partial charge in [-0.15, -0.1) is 0 Å². The number of fused-ring (bicyclic) bond motifs is 2. The van der Waals surface area contributed by atoms with Crippen molar-refractivity contribution in [1.29, 1.82) is 0 Å². The lowest BCUT2D eigenvalue weighted by Crippen LogP contribution is -2.26. The molecule has 0 aliphatic carbocycles. The van der Waals surface area contributed by atoms with Crippen molar-refractivity contribution >= 4 is 37.2 Å². The number of nitrogens with zero attached hydrogens (tertiary/aromatic N) is 3. The van der Waals surface area contributed by atoms with Crippen molar-refractivity contribution in [1.82, 2.24) is 9.78 Å². The van der Waals surface area contributed by atoms with E-state index in [0.29, 0.717) is 28.1 Å². The highest BCUT2D eigenvalue weighted by molar-refractivity contribution is 7.91. The quantitative estimate of drug-likeness (QED) is 0.494. The molecule has 4 aromatic rings. The third kappa shape index (κ3) is 3.55. The second-order valence-corrected chi connectivity index (χ2v) is 10.9. The second-order valence-electron chi connectivity index (χ2n) is 9.06. The van der Waals surface area contributed by atoms with Crippen LogP contribution >= 0.6 is 0 Å². The summed E-state index contributed by atoms with van der Waals surface area (Å²) in [6.45, 7) is 6.50. The van der Waals surface area contributed by atoms with E-state index in [4.69, 9.17) is 5.73 Å². The number of benzene rings is 3. The maximum Gasteiger partial charge on any atom is 0.226 e. The Morgan fingerprint density at radius 2 is 1.84 bits per heavy atom. The Kier molecular flexibility index (Phi) is 5.18. The smallest absolute Gasteiger partial charge is 0.226 e. The molecule has 6 nitrogen and oxygen atoms in total. The van der Waals surface area contributed by atoms with E-state index < -0.39 is 9.84 Å². The molecule has 0 saturated carbocycles. The molecule has 1 atom stereocenters. The Balaban J connectivity index is 1.72. The molecule has 0 bridgehead atoms. The van der Waals surface area contributed by atoms with Gasteiger partial charge in [0.2, 0.25) is 9.84 Å². The van der Waals surface area contributed by atoms with Gasteiger partial charge in [-0.25, -0.2) is 8.42 Å². The Morgan fingerprint density at radius 3 is 2.59 bits per heavy atom. The standard InChI is InChI=1S/C25H28N4O2S/c1-17(2)15-29-23-11-10-20(28-13-12-19(26)16-28)14-22(23)25(27-29)32(30,31)24-9-5-7-18-6-3-4-8-21(18)24/h3-11,14,17,19H,12-13,15-16,26H2,1-2H3. The first-order chi connectivity index (χ1) is 15.3. The molecule has 3 aromatic carbocycles. The zero-order chi connectivity index (χ0) is 22.5. The van der Waals surface area contributed by atoms with Gasteiger partial charge < -0.3 is 10.6 Å². The molecule has 2 heterocycles. The molecule has 1 aliphatic heterocycles. The molecule has 0 radical (unpaired) electrons. The molecule has 0 amide bonds. The zero-order valence-electron chi connectivity index (χ0n) is 18.4. The number of aromatic nitrogens is 2. The van der Waals surface area contributed by atoms with Crippen LogP contribution in [0, 0.1) is 5.92 Å². The van der Waals surface area contributed by atoms with Gasteiger partial charge in [0.15, 0.2) is 5.03 Å². The average molecular weight is 449 g/mol. The SMILES string of the molecule is CC(C)Cn1nc(S(=O)(=O)c2cccc3ccccc23)c2cc(N3CCC(N)C3)ccc21. The number of rotatable bonds is 5. The van der Waals surface area contributed by atoms with Crippen LogP contribution in [0.3, 0.4) is 0 Å². The van der Waals surface area contributed by atoms with Crippen LogP contribution in [0.2, 0.25) is 0 Å². The molecule has 2 N–H and O–H groups in total. The Bertz CT molecular complexity index is 1400. The third-order valence-electron chi connectivity index (χ3n) is 6.12. The molecule has 1 aromatic heterocycles. The third-order valence-corrected chi connectivity index (χ3v) is 7.87. The number of hydrogen-bond donors (Lipinski definition) is 1. The fourth-order valence-electron chi connectivity index (χ4n) is 4.57. The normalized spacial score (nSPS) is 17.1. The predicted octanol–water partition coefficient (Wildman–Crippen LogP) is 4.22. The lowest BCUT2D eigenvalue weighted by molar-refractivity contribution is 0.485. The summed E-state index contributed by atoms with van der Waals surface area (Å²) in [7, 11) is -3.83. The van der Waals surface area contributed by atoms with Crippen molar-refractivity contribution in [3.05, 3.63) is 60.7 Å². The van der Waals surface area contributed by atoms with E-state index >= 15 is 0 Å². The molecule has 32 heavy (non-hydrogen) atoms. The predicted molar refractivity (Wildman–Crippen MR) is 129 cm³/mol. The largest absolute Gasteiger partial charge is 0.370 e. The van der Waals surface area contributed by atoms with E-state index in [1.165, 1.54) is 0 Å². The molecule has 1 fully saturated rings. The van der Waals surface area contributed by atoms with E-state index in [-0.39, 0.29) is 11.1 Å². The van der Waals surface area contributed by atoms with Crippen molar-refractivity contribution in [3.8, 4) is 0 Å². The van der Waals surface area contributed by atoms with Crippen LogP contribution in [-0.2, 0) is 16.4 Å². The van der Waals surface area contributed by atoms with Gasteiger partial charge in [0.25, 0.3) is 0 Å². The highest BCUT2D eigenvalue weighted by Crippen LogP contribution is 2.34. The maximum absolute atomic E-state index is 13.9. The monoisotopic (exact) mass is 448 g/mol. The summed E-state index contributed by atoms with van der Waals surface area (Å²) in [6.07, 6.45) is 0.936. The van der Waals surface area contributed by atoms with Crippen molar-refractivity contribution in [2.45, 2.75) is 42.8 Å². The summed E-state index contributed by atoms with van der Waals surface area (Å²) in [5.41, 5.74) is 7.94.